The Kier molecular flexibility index (Phi) is 4.90. The molecule has 0 aliphatic carbocycles. The number of para-hydroxylation sites is 3. The molecule has 0 bridgehead atoms. The molecule has 0 aliphatic heterocycles. The van der Waals surface area contributed by atoms with Crippen LogP contribution >= 0.6 is 0 Å². The standard InChI is InChI=1S/C39H23N5O/c1-4-13-30-26(9-1)27-20-19-24(25-12-7-18-36-37(25)29-11-3-6-17-35(29)45-36)21-34(27)43(30)32-15-8-16-33-38(32)28-10-2-5-14-31(28)44(33)39-41-22-40-23-42-39/h1-23H. The maximum Gasteiger partial charge on any atom is 0.237 e. The van der Waals surface area contributed by atoms with Crippen LogP contribution in [0.25, 0.3) is 88.3 Å². The highest BCUT2D eigenvalue weighted by atomic mass is 16.3. The van der Waals surface area contributed by atoms with Gasteiger partial charge in [-0.05, 0) is 53.6 Å². The van der Waals surface area contributed by atoms with Gasteiger partial charge in [0.25, 0.3) is 0 Å². The second-order valence-electron chi connectivity index (χ2n) is 11.3. The molecule has 10 aromatic rings. The van der Waals surface area contributed by atoms with Gasteiger partial charge in [-0.2, -0.15) is 0 Å². The van der Waals surface area contributed by atoms with Crippen molar-refractivity contribution in [2.45, 2.75) is 0 Å². The minimum Gasteiger partial charge on any atom is -0.456 e. The fraction of sp³-hybridized carbons (Fsp3) is 0. The van der Waals surface area contributed by atoms with Gasteiger partial charge in [-0.15, -0.1) is 0 Å². The van der Waals surface area contributed by atoms with Crippen LogP contribution in [0.5, 0.6) is 0 Å². The zero-order valence-electron chi connectivity index (χ0n) is 23.9. The Morgan fingerprint density at radius 3 is 2.00 bits per heavy atom. The van der Waals surface area contributed by atoms with Crippen LogP contribution in [-0.4, -0.2) is 24.1 Å². The molecule has 0 saturated heterocycles. The fourth-order valence-electron chi connectivity index (χ4n) is 7.16. The molecule has 0 aliphatic rings. The van der Waals surface area contributed by atoms with E-state index in [9.17, 15) is 0 Å². The summed E-state index contributed by atoms with van der Waals surface area (Å²) in [6.45, 7) is 0. The lowest BCUT2D eigenvalue weighted by molar-refractivity contribution is 0.669. The molecule has 0 radical (unpaired) electrons. The second kappa shape index (κ2) is 9.11. The summed E-state index contributed by atoms with van der Waals surface area (Å²) in [4.78, 5) is 13.1. The lowest BCUT2D eigenvalue weighted by Gasteiger charge is -2.12. The van der Waals surface area contributed by atoms with E-state index in [2.05, 4.69) is 139 Å². The summed E-state index contributed by atoms with van der Waals surface area (Å²) in [6, 6.07) is 45.0. The molecule has 6 heteroatoms. The van der Waals surface area contributed by atoms with Crippen LogP contribution in [0, 0.1) is 0 Å². The highest BCUT2D eigenvalue weighted by Crippen LogP contribution is 2.42. The molecule has 210 valence electrons. The zero-order chi connectivity index (χ0) is 29.5. The number of aromatic nitrogens is 5. The van der Waals surface area contributed by atoms with E-state index in [1.54, 1.807) is 12.7 Å². The quantitative estimate of drug-likeness (QED) is 0.210. The minimum absolute atomic E-state index is 0.596. The van der Waals surface area contributed by atoms with Gasteiger partial charge in [0.05, 0.1) is 27.8 Å². The number of hydrogen-bond acceptors (Lipinski definition) is 4. The molecular weight excluding hydrogens is 554 g/mol. The Balaban J connectivity index is 1.32. The summed E-state index contributed by atoms with van der Waals surface area (Å²) >= 11 is 0. The third-order valence-corrected chi connectivity index (χ3v) is 8.98. The van der Waals surface area contributed by atoms with Gasteiger partial charge >= 0.3 is 0 Å². The van der Waals surface area contributed by atoms with Crippen LogP contribution < -0.4 is 0 Å². The Morgan fingerprint density at radius 2 is 1.13 bits per heavy atom. The zero-order valence-corrected chi connectivity index (χ0v) is 23.9. The Labute approximate surface area is 256 Å². The van der Waals surface area contributed by atoms with Gasteiger partial charge in [0.15, 0.2) is 0 Å². The number of nitrogens with zero attached hydrogens (tertiary/aromatic N) is 5. The topological polar surface area (TPSA) is 61.7 Å². The molecule has 10 rings (SSSR count). The molecule has 0 unspecified atom stereocenters. The lowest BCUT2D eigenvalue weighted by Crippen LogP contribution is -2.01. The number of furan rings is 1. The van der Waals surface area contributed by atoms with Gasteiger partial charge < -0.3 is 8.98 Å². The third-order valence-electron chi connectivity index (χ3n) is 8.98. The average Bonchev–Trinajstić information content (AvgIpc) is 3.76. The van der Waals surface area contributed by atoms with Crippen molar-refractivity contribution < 1.29 is 4.42 Å². The first-order chi connectivity index (χ1) is 22.3. The van der Waals surface area contributed by atoms with Gasteiger partial charge in [0.1, 0.15) is 23.8 Å². The van der Waals surface area contributed by atoms with Crippen LogP contribution in [0.4, 0.5) is 0 Å². The van der Waals surface area contributed by atoms with Crippen LogP contribution in [0.2, 0.25) is 0 Å². The molecule has 6 nitrogen and oxygen atoms in total. The average molecular weight is 578 g/mol. The predicted molar refractivity (Wildman–Crippen MR) is 181 cm³/mol. The van der Waals surface area contributed by atoms with E-state index in [1.165, 1.54) is 10.8 Å². The molecule has 0 fully saturated rings. The van der Waals surface area contributed by atoms with E-state index in [-0.39, 0.29) is 0 Å². The van der Waals surface area contributed by atoms with E-state index < -0.39 is 0 Å². The van der Waals surface area contributed by atoms with E-state index >= 15 is 0 Å². The van der Waals surface area contributed by atoms with E-state index in [4.69, 9.17) is 4.42 Å². The maximum atomic E-state index is 6.25. The SMILES string of the molecule is c1ccc2c(c1)oc1cccc(-c3ccc4c5ccccc5n(-c5cccc6c5c5ccccc5n6-c5ncncn5)c4c3)c12. The summed E-state index contributed by atoms with van der Waals surface area (Å²) in [6.07, 6.45) is 3.09. The Bertz CT molecular complexity index is 2770. The summed E-state index contributed by atoms with van der Waals surface area (Å²) < 4.78 is 10.8. The molecule has 6 aromatic carbocycles. The van der Waals surface area contributed by atoms with Crippen molar-refractivity contribution in [3.8, 4) is 22.8 Å². The molecule has 45 heavy (non-hydrogen) atoms. The lowest BCUT2D eigenvalue weighted by atomic mass is 9.98. The van der Waals surface area contributed by atoms with Crippen LogP contribution in [0.3, 0.4) is 0 Å². The van der Waals surface area contributed by atoms with Crippen molar-refractivity contribution in [2.24, 2.45) is 0 Å². The van der Waals surface area contributed by atoms with E-state index in [0.29, 0.717) is 5.95 Å². The van der Waals surface area contributed by atoms with Gasteiger partial charge in [-0.3, -0.25) is 4.57 Å². The highest BCUT2D eigenvalue weighted by molar-refractivity contribution is 6.17. The largest absolute Gasteiger partial charge is 0.456 e. The highest BCUT2D eigenvalue weighted by Gasteiger charge is 2.21. The van der Waals surface area contributed by atoms with Crippen molar-refractivity contribution in [3.05, 3.63) is 140 Å². The first-order valence-corrected chi connectivity index (χ1v) is 14.9. The smallest absolute Gasteiger partial charge is 0.237 e. The molecular formula is C39H23N5O. The molecule has 0 atom stereocenters. The molecule has 0 amide bonds. The Hall–Kier alpha value is -6.27. The monoisotopic (exact) mass is 577 g/mol. The van der Waals surface area contributed by atoms with Crippen molar-refractivity contribution in [2.75, 3.05) is 0 Å². The first kappa shape index (κ1) is 24.2. The fourth-order valence-corrected chi connectivity index (χ4v) is 7.16. The second-order valence-corrected chi connectivity index (χ2v) is 11.3. The maximum absolute atomic E-state index is 6.25. The number of benzene rings is 6. The minimum atomic E-state index is 0.596. The molecule has 4 heterocycles. The summed E-state index contributed by atoms with van der Waals surface area (Å²) in [7, 11) is 0. The van der Waals surface area contributed by atoms with Crippen molar-refractivity contribution in [1.29, 1.82) is 0 Å². The van der Waals surface area contributed by atoms with Crippen LogP contribution in [-0.2, 0) is 0 Å². The van der Waals surface area contributed by atoms with E-state index in [1.807, 2.05) is 12.1 Å². The van der Waals surface area contributed by atoms with Crippen molar-refractivity contribution in [1.82, 2.24) is 24.1 Å². The van der Waals surface area contributed by atoms with Gasteiger partial charge in [0.2, 0.25) is 5.95 Å². The van der Waals surface area contributed by atoms with Gasteiger partial charge in [-0.25, -0.2) is 15.0 Å². The summed E-state index contributed by atoms with van der Waals surface area (Å²) in [5.74, 6) is 0.596. The molecule has 0 N–H and O–H groups in total. The first-order valence-electron chi connectivity index (χ1n) is 14.9. The van der Waals surface area contributed by atoms with Gasteiger partial charge in [-0.1, -0.05) is 84.9 Å². The number of fused-ring (bicyclic) bond motifs is 9. The number of rotatable bonds is 3. The van der Waals surface area contributed by atoms with Crippen LogP contribution in [0.15, 0.2) is 144 Å². The Morgan fingerprint density at radius 1 is 0.467 bits per heavy atom. The van der Waals surface area contributed by atoms with E-state index in [0.717, 1.165) is 71.6 Å². The predicted octanol–water partition coefficient (Wildman–Crippen LogP) is 9.63. The van der Waals surface area contributed by atoms with Crippen molar-refractivity contribution in [3.63, 3.8) is 0 Å². The summed E-state index contributed by atoms with van der Waals surface area (Å²) in [5, 5.41) is 6.96. The number of hydrogen-bond donors (Lipinski definition) is 0. The normalized spacial score (nSPS) is 12.0. The van der Waals surface area contributed by atoms with Crippen LogP contribution in [0.1, 0.15) is 0 Å². The van der Waals surface area contributed by atoms with Gasteiger partial charge in [0, 0.05) is 32.3 Å². The third kappa shape index (κ3) is 3.36. The van der Waals surface area contributed by atoms with Crippen molar-refractivity contribution >= 4 is 65.6 Å². The summed E-state index contributed by atoms with van der Waals surface area (Å²) in [5.41, 5.74) is 9.57. The molecule has 4 aromatic heterocycles. The molecule has 0 saturated carbocycles. The molecule has 0 spiro atoms.